The van der Waals surface area contributed by atoms with Crippen molar-refractivity contribution in [3.05, 3.63) is 93.7 Å². The fourth-order valence-electron chi connectivity index (χ4n) is 4.04. The Labute approximate surface area is 194 Å². The van der Waals surface area contributed by atoms with Gasteiger partial charge in [-0.3, -0.25) is 9.69 Å². The minimum absolute atomic E-state index is 0.223. The van der Waals surface area contributed by atoms with Crippen LogP contribution in [0.4, 0.5) is 20.4 Å². The molecule has 0 amide bonds. The smallest absolute Gasteiger partial charge is 0.267 e. The number of fused-ring (bicyclic) bond motifs is 1. The van der Waals surface area contributed by atoms with Crippen LogP contribution in [0, 0.1) is 5.92 Å². The van der Waals surface area contributed by atoms with E-state index < -0.39 is 12.3 Å². The van der Waals surface area contributed by atoms with E-state index in [1.165, 1.54) is 4.57 Å². The van der Waals surface area contributed by atoms with E-state index in [0.717, 1.165) is 11.3 Å². The van der Waals surface area contributed by atoms with E-state index in [0.29, 0.717) is 47.2 Å². The third kappa shape index (κ3) is 4.47. The number of para-hydroxylation sites is 1. The minimum atomic E-state index is -2.25. The van der Waals surface area contributed by atoms with Crippen molar-refractivity contribution >= 4 is 34.1 Å². The minimum Gasteiger partial charge on any atom is -0.325 e. The van der Waals surface area contributed by atoms with Crippen LogP contribution in [0.15, 0.2) is 77.6 Å². The molecular weight excluding hydrogens is 446 g/mol. The summed E-state index contributed by atoms with van der Waals surface area (Å²) in [4.78, 5) is 20.0. The van der Waals surface area contributed by atoms with Gasteiger partial charge >= 0.3 is 0 Å². The van der Waals surface area contributed by atoms with Gasteiger partial charge in [-0.25, -0.2) is 18.3 Å². The molecule has 3 aromatic carbocycles. The van der Waals surface area contributed by atoms with E-state index in [9.17, 15) is 13.6 Å². The third-order valence-corrected chi connectivity index (χ3v) is 6.04. The van der Waals surface area contributed by atoms with Gasteiger partial charge in [0.15, 0.2) is 0 Å². The van der Waals surface area contributed by atoms with E-state index in [1.54, 1.807) is 18.2 Å². The van der Waals surface area contributed by atoms with Crippen molar-refractivity contribution in [2.45, 2.75) is 13.0 Å². The van der Waals surface area contributed by atoms with Gasteiger partial charge in [-0.1, -0.05) is 41.9 Å². The molecule has 1 aromatic heterocycles. The molecule has 168 valence electrons. The maximum atomic E-state index is 13.3. The zero-order valence-corrected chi connectivity index (χ0v) is 18.3. The number of nitrogens with zero attached hydrogens (tertiary/aromatic N) is 3. The second kappa shape index (κ2) is 8.92. The van der Waals surface area contributed by atoms with Gasteiger partial charge in [0.25, 0.3) is 5.56 Å². The lowest BCUT2D eigenvalue weighted by Gasteiger charge is -2.38. The fourth-order valence-corrected chi connectivity index (χ4v) is 4.21. The largest absolute Gasteiger partial charge is 0.325 e. The molecule has 1 aliphatic rings. The van der Waals surface area contributed by atoms with Crippen LogP contribution in [0.2, 0.25) is 5.02 Å². The molecule has 8 heteroatoms. The second-order valence-electron chi connectivity index (χ2n) is 8.18. The molecule has 1 N–H and O–H groups in total. The molecule has 0 aliphatic carbocycles. The Bertz CT molecular complexity index is 1340. The van der Waals surface area contributed by atoms with Gasteiger partial charge in [0.2, 0.25) is 12.4 Å². The number of alkyl halides is 2. The number of rotatable bonds is 6. The molecule has 1 aliphatic heterocycles. The highest BCUT2D eigenvalue weighted by molar-refractivity contribution is 6.31. The van der Waals surface area contributed by atoms with Crippen LogP contribution in [0.3, 0.4) is 0 Å². The highest BCUT2D eigenvalue weighted by atomic mass is 35.5. The Morgan fingerprint density at radius 1 is 1.03 bits per heavy atom. The van der Waals surface area contributed by atoms with Crippen molar-refractivity contribution in [3.63, 3.8) is 0 Å². The van der Waals surface area contributed by atoms with Crippen LogP contribution >= 0.6 is 11.6 Å². The molecule has 33 heavy (non-hydrogen) atoms. The zero-order chi connectivity index (χ0) is 22.9. The fraction of sp³-hybridized carbons (Fsp3) is 0.200. The summed E-state index contributed by atoms with van der Waals surface area (Å²) in [7, 11) is 0. The second-order valence-corrected chi connectivity index (χ2v) is 8.62. The third-order valence-electron chi connectivity index (χ3n) is 5.80. The van der Waals surface area contributed by atoms with Crippen LogP contribution in [-0.2, 0) is 6.54 Å². The summed E-state index contributed by atoms with van der Waals surface area (Å²) in [5.41, 5.74) is 2.80. The lowest BCUT2D eigenvalue weighted by Crippen LogP contribution is -2.49. The van der Waals surface area contributed by atoms with Crippen molar-refractivity contribution in [2.24, 2.45) is 5.92 Å². The van der Waals surface area contributed by atoms with Crippen molar-refractivity contribution in [1.29, 1.82) is 0 Å². The van der Waals surface area contributed by atoms with Gasteiger partial charge < -0.3 is 5.32 Å². The van der Waals surface area contributed by atoms with Gasteiger partial charge in [-0.15, -0.1) is 0 Å². The number of anilines is 2. The number of hydrogen-bond donors (Lipinski definition) is 1. The SMILES string of the molecule is O=c1c2cc(Cl)ccc2nc(Nc2ccc(CN3CC(C(F)F)C3)cc2)n1-c1ccccc1. The summed E-state index contributed by atoms with van der Waals surface area (Å²) < 4.78 is 26.9. The predicted octanol–water partition coefficient (Wildman–Crippen LogP) is 5.48. The van der Waals surface area contributed by atoms with Crippen LogP contribution in [0.25, 0.3) is 16.6 Å². The van der Waals surface area contributed by atoms with E-state index >= 15 is 0 Å². The molecule has 2 heterocycles. The van der Waals surface area contributed by atoms with Crippen LogP contribution < -0.4 is 10.9 Å². The quantitative estimate of drug-likeness (QED) is 0.409. The van der Waals surface area contributed by atoms with E-state index in [4.69, 9.17) is 11.6 Å². The van der Waals surface area contributed by atoms with Crippen molar-refractivity contribution in [2.75, 3.05) is 18.4 Å². The molecular formula is C25H21ClF2N4O. The molecule has 0 radical (unpaired) electrons. The van der Waals surface area contributed by atoms with Gasteiger partial charge in [0.1, 0.15) is 0 Å². The Morgan fingerprint density at radius 2 is 1.76 bits per heavy atom. The van der Waals surface area contributed by atoms with E-state index in [-0.39, 0.29) is 5.56 Å². The molecule has 0 spiro atoms. The maximum Gasteiger partial charge on any atom is 0.267 e. The number of likely N-dealkylation sites (tertiary alicyclic amines) is 1. The zero-order valence-electron chi connectivity index (χ0n) is 17.6. The van der Waals surface area contributed by atoms with Crippen LogP contribution in [0.5, 0.6) is 0 Å². The lowest BCUT2D eigenvalue weighted by molar-refractivity contribution is -0.0279. The Kier molecular flexibility index (Phi) is 5.83. The Hall–Kier alpha value is -3.29. The highest BCUT2D eigenvalue weighted by Gasteiger charge is 2.33. The first-order valence-corrected chi connectivity index (χ1v) is 11.0. The van der Waals surface area contributed by atoms with Gasteiger partial charge in [-0.05, 0) is 48.0 Å². The maximum absolute atomic E-state index is 13.3. The molecule has 0 saturated carbocycles. The van der Waals surface area contributed by atoms with Gasteiger partial charge in [0, 0.05) is 36.3 Å². The van der Waals surface area contributed by atoms with Crippen LogP contribution in [-0.4, -0.2) is 34.0 Å². The highest BCUT2D eigenvalue weighted by Crippen LogP contribution is 2.26. The molecule has 0 bridgehead atoms. The predicted molar refractivity (Wildman–Crippen MR) is 127 cm³/mol. The standard InChI is InChI=1S/C25H21ClF2N4O/c26-18-8-11-22-21(12-18)24(33)32(20-4-2-1-3-5-20)25(30-22)29-19-9-6-16(7-10-19)13-31-14-17(15-31)23(27)28/h1-12,17,23H,13-15H2,(H,29,30). The number of halogens is 3. The van der Waals surface area contributed by atoms with Crippen molar-refractivity contribution in [1.82, 2.24) is 14.5 Å². The summed E-state index contributed by atoms with van der Waals surface area (Å²) in [5.74, 6) is -0.134. The lowest BCUT2D eigenvalue weighted by atomic mass is 10.00. The normalized spacial score (nSPS) is 14.5. The van der Waals surface area contributed by atoms with Crippen LogP contribution in [0.1, 0.15) is 5.56 Å². The first kappa shape index (κ1) is 21.6. The summed E-state index contributed by atoms with van der Waals surface area (Å²) in [5, 5.41) is 4.16. The molecule has 1 fully saturated rings. The summed E-state index contributed by atoms with van der Waals surface area (Å²) >= 11 is 6.12. The number of aromatic nitrogens is 2. The summed E-state index contributed by atoms with van der Waals surface area (Å²) in [6.45, 7) is 1.48. The molecule has 0 atom stereocenters. The molecule has 5 rings (SSSR count). The van der Waals surface area contributed by atoms with E-state index in [1.807, 2.05) is 59.5 Å². The Balaban J connectivity index is 1.44. The van der Waals surface area contributed by atoms with Gasteiger partial charge in [-0.2, -0.15) is 0 Å². The first-order chi connectivity index (χ1) is 16.0. The monoisotopic (exact) mass is 466 g/mol. The number of nitrogens with one attached hydrogen (secondary N) is 1. The summed E-state index contributed by atoms with van der Waals surface area (Å²) in [6, 6.07) is 22.0. The molecule has 0 unspecified atom stereocenters. The molecule has 5 nitrogen and oxygen atoms in total. The Morgan fingerprint density at radius 3 is 2.45 bits per heavy atom. The first-order valence-electron chi connectivity index (χ1n) is 10.6. The van der Waals surface area contributed by atoms with Crippen molar-refractivity contribution < 1.29 is 8.78 Å². The van der Waals surface area contributed by atoms with Crippen molar-refractivity contribution in [3.8, 4) is 5.69 Å². The average molecular weight is 467 g/mol. The number of benzene rings is 3. The summed E-state index contributed by atoms with van der Waals surface area (Å²) in [6.07, 6.45) is -2.25. The molecule has 1 saturated heterocycles. The number of hydrogen-bond acceptors (Lipinski definition) is 4. The van der Waals surface area contributed by atoms with Gasteiger partial charge in [0.05, 0.1) is 16.6 Å². The topological polar surface area (TPSA) is 50.2 Å². The van der Waals surface area contributed by atoms with E-state index in [2.05, 4.69) is 10.3 Å². The average Bonchev–Trinajstić information content (AvgIpc) is 2.78. The molecule has 4 aromatic rings.